The molecule has 1 aromatic carbocycles. The number of sulfonamides is 1. The van der Waals surface area contributed by atoms with E-state index in [1.165, 1.54) is 0 Å². The second kappa shape index (κ2) is 4.97. The Morgan fingerprint density at radius 1 is 1.44 bits per heavy atom. The number of hydrogen-bond acceptors (Lipinski definition) is 4. The van der Waals surface area contributed by atoms with Crippen LogP contribution in [0.2, 0.25) is 0 Å². The van der Waals surface area contributed by atoms with Crippen molar-refractivity contribution in [2.75, 3.05) is 0 Å². The van der Waals surface area contributed by atoms with E-state index in [0.29, 0.717) is 18.6 Å². The zero-order valence-electron chi connectivity index (χ0n) is 10.0. The summed E-state index contributed by atoms with van der Waals surface area (Å²) in [4.78, 5) is 11.4. The standard InChI is InChI=1S/C12H15NO4S/c1-2-9-4-3-5-10(8-9)17-12(14)13-18(15,16)11-6-7-11/h3-5,8,11H,2,6-7H2,1H3,(H,13,14). The molecule has 5 nitrogen and oxygen atoms in total. The first-order valence-electron chi connectivity index (χ1n) is 5.83. The van der Waals surface area contributed by atoms with E-state index in [2.05, 4.69) is 0 Å². The molecule has 1 fully saturated rings. The van der Waals surface area contributed by atoms with Crippen molar-refractivity contribution in [3.8, 4) is 5.75 Å². The van der Waals surface area contributed by atoms with Crippen LogP contribution in [-0.2, 0) is 16.4 Å². The van der Waals surface area contributed by atoms with Gasteiger partial charge in [0.15, 0.2) is 0 Å². The monoisotopic (exact) mass is 269 g/mol. The molecule has 1 saturated carbocycles. The highest BCUT2D eigenvalue weighted by Crippen LogP contribution is 2.27. The molecule has 98 valence electrons. The van der Waals surface area contributed by atoms with Crippen molar-refractivity contribution >= 4 is 16.1 Å². The first-order valence-corrected chi connectivity index (χ1v) is 7.38. The van der Waals surface area contributed by atoms with Crippen LogP contribution >= 0.6 is 0 Å². The Labute approximate surface area is 106 Å². The van der Waals surface area contributed by atoms with E-state index in [9.17, 15) is 13.2 Å². The summed E-state index contributed by atoms with van der Waals surface area (Å²) in [5.74, 6) is 0.345. The van der Waals surface area contributed by atoms with Crippen LogP contribution in [0.1, 0.15) is 25.3 Å². The molecule has 2 rings (SSSR count). The molecular weight excluding hydrogens is 254 g/mol. The number of amides is 1. The highest BCUT2D eigenvalue weighted by atomic mass is 32.2. The van der Waals surface area contributed by atoms with Crippen molar-refractivity contribution in [3.63, 3.8) is 0 Å². The van der Waals surface area contributed by atoms with E-state index in [1.807, 2.05) is 17.7 Å². The molecule has 1 aliphatic carbocycles. The van der Waals surface area contributed by atoms with Crippen LogP contribution in [0.3, 0.4) is 0 Å². The van der Waals surface area contributed by atoms with Crippen LogP contribution < -0.4 is 9.46 Å². The lowest BCUT2D eigenvalue weighted by Crippen LogP contribution is -2.35. The summed E-state index contributed by atoms with van der Waals surface area (Å²) in [6.45, 7) is 1.98. The third-order valence-corrected chi connectivity index (χ3v) is 4.51. The lowest BCUT2D eigenvalue weighted by Gasteiger charge is -2.07. The molecule has 0 saturated heterocycles. The molecule has 0 aliphatic heterocycles. The van der Waals surface area contributed by atoms with Gasteiger partial charge in [-0.15, -0.1) is 0 Å². The highest BCUT2D eigenvalue weighted by molar-refractivity contribution is 7.90. The first-order chi connectivity index (χ1) is 8.51. The summed E-state index contributed by atoms with van der Waals surface area (Å²) in [5.41, 5.74) is 1.02. The maximum Gasteiger partial charge on any atom is 0.426 e. The third-order valence-electron chi connectivity index (χ3n) is 2.71. The topological polar surface area (TPSA) is 72.5 Å². The lowest BCUT2D eigenvalue weighted by molar-refractivity contribution is 0.206. The molecule has 1 aromatic rings. The Kier molecular flexibility index (Phi) is 3.56. The molecule has 1 N–H and O–H groups in total. The van der Waals surface area contributed by atoms with Crippen LogP contribution in [0.25, 0.3) is 0 Å². The van der Waals surface area contributed by atoms with Crippen LogP contribution in [0.15, 0.2) is 24.3 Å². The third kappa shape index (κ3) is 3.22. The maximum atomic E-state index is 11.5. The first kappa shape index (κ1) is 12.9. The lowest BCUT2D eigenvalue weighted by atomic mass is 10.2. The van der Waals surface area contributed by atoms with E-state index >= 15 is 0 Å². The molecule has 0 unspecified atom stereocenters. The zero-order valence-corrected chi connectivity index (χ0v) is 10.9. The molecule has 1 amide bonds. The van der Waals surface area contributed by atoms with Crippen molar-refractivity contribution in [1.29, 1.82) is 0 Å². The molecule has 18 heavy (non-hydrogen) atoms. The number of carbonyl (C=O) groups excluding carboxylic acids is 1. The average Bonchev–Trinajstić information content (AvgIpc) is 3.12. The average molecular weight is 269 g/mol. The van der Waals surface area contributed by atoms with Gasteiger partial charge < -0.3 is 4.74 Å². The van der Waals surface area contributed by atoms with Crippen molar-refractivity contribution in [2.24, 2.45) is 0 Å². The van der Waals surface area contributed by atoms with Crippen molar-refractivity contribution in [3.05, 3.63) is 29.8 Å². The largest absolute Gasteiger partial charge is 0.426 e. The van der Waals surface area contributed by atoms with Crippen molar-refractivity contribution in [2.45, 2.75) is 31.4 Å². The van der Waals surface area contributed by atoms with Gasteiger partial charge in [0.1, 0.15) is 5.75 Å². The molecule has 0 atom stereocenters. The fourth-order valence-electron chi connectivity index (χ4n) is 1.53. The fourth-order valence-corrected chi connectivity index (χ4v) is 2.73. The number of benzene rings is 1. The minimum absolute atomic E-state index is 0.345. The second-order valence-corrected chi connectivity index (χ2v) is 6.20. The molecule has 0 radical (unpaired) electrons. The zero-order chi connectivity index (χ0) is 13.2. The quantitative estimate of drug-likeness (QED) is 0.905. The van der Waals surface area contributed by atoms with Gasteiger partial charge in [-0.3, -0.25) is 0 Å². The predicted octanol–water partition coefficient (Wildman–Crippen LogP) is 1.83. The van der Waals surface area contributed by atoms with Gasteiger partial charge in [0.25, 0.3) is 0 Å². The van der Waals surface area contributed by atoms with Gasteiger partial charge >= 0.3 is 6.09 Å². The normalized spacial score (nSPS) is 15.2. The van der Waals surface area contributed by atoms with Crippen LogP contribution in [0, 0.1) is 0 Å². The van der Waals surface area contributed by atoms with E-state index in [0.717, 1.165) is 12.0 Å². The van der Waals surface area contributed by atoms with Crippen molar-refractivity contribution in [1.82, 2.24) is 4.72 Å². The molecule has 0 heterocycles. The second-order valence-electron chi connectivity index (χ2n) is 4.24. The summed E-state index contributed by atoms with van der Waals surface area (Å²) >= 11 is 0. The van der Waals surface area contributed by atoms with Gasteiger partial charge in [-0.05, 0) is 37.0 Å². The molecular formula is C12H15NO4S. The fraction of sp³-hybridized carbons (Fsp3) is 0.417. The van der Waals surface area contributed by atoms with Gasteiger partial charge in [0, 0.05) is 0 Å². The summed E-state index contributed by atoms with van der Waals surface area (Å²) in [5, 5.41) is -0.438. The number of carbonyl (C=O) groups is 1. The van der Waals surface area contributed by atoms with Crippen LogP contribution in [-0.4, -0.2) is 19.8 Å². The number of nitrogens with one attached hydrogen (secondary N) is 1. The Morgan fingerprint density at radius 3 is 2.78 bits per heavy atom. The summed E-state index contributed by atoms with van der Waals surface area (Å²) in [6.07, 6.45) is 1.08. The minimum atomic E-state index is -3.55. The van der Waals surface area contributed by atoms with Gasteiger partial charge in [0.05, 0.1) is 5.25 Å². The van der Waals surface area contributed by atoms with E-state index < -0.39 is 21.4 Å². The van der Waals surface area contributed by atoms with E-state index in [4.69, 9.17) is 4.74 Å². The van der Waals surface area contributed by atoms with E-state index in [1.54, 1.807) is 18.2 Å². The number of aryl methyl sites for hydroxylation is 1. The summed E-state index contributed by atoms with van der Waals surface area (Å²) in [6, 6.07) is 6.99. The van der Waals surface area contributed by atoms with Crippen LogP contribution in [0.5, 0.6) is 5.75 Å². The van der Waals surface area contributed by atoms with E-state index in [-0.39, 0.29) is 0 Å². The molecule has 0 bridgehead atoms. The van der Waals surface area contributed by atoms with Crippen molar-refractivity contribution < 1.29 is 17.9 Å². The Bertz CT molecular complexity index is 549. The van der Waals surface area contributed by atoms with Crippen LogP contribution in [0.4, 0.5) is 4.79 Å². The molecule has 6 heteroatoms. The number of hydrogen-bond donors (Lipinski definition) is 1. The maximum absolute atomic E-state index is 11.5. The minimum Gasteiger partial charge on any atom is -0.410 e. The number of ether oxygens (including phenoxy) is 1. The van der Waals surface area contributed by atoms with Gasteiger partial charge in [-0.25, -0.2) is 17.9 Å². The Hall–Kier alpha value is -1.56. The SMILES string of the molecule is CCc1cccc(OC(=O)NS(=O)(=O)C2CC2)c1. The molecule has 0 spiro atoms. The molecule has 1 aliphatic rings. The Balaban J connectivity index is 1.98. The predicted molar refractivity (Wildman–Crippen MR) is 66.9 cm³/mol. The Morgan fingerprint density at radius 2 is 2.17 bits per heavy atom. The summed E-state index contributed by atoms with van der Waals surface area (Å²) in [7, 11) is -3.55. The van der Waals surface area contributed by atoms with Gasteiger partial charge in [-0.2, -0.15) is 0 Å². The smallest absolute Gasteiger partial charge is 0.410 e. The summed E-state index contributed by atoms with van der Waals surface area (Å²) < 4.78 is 29.9. The number of rotatable bonds is 4. The van der Waals surface area contributed by atoms with Gasteiger partial charge in [-0.1, -0.05) is 19.1 Å². The molecule has 0 aromatic heterocycles. The van der Waals surface area contributed by atoms with Gasteiger partial charge in [0.2, 0.25) is 10.0 Å². The highest BCUT2D eigenvalue weighted by Gasteiger charge is 2.37.